The zero-order valence-electron chi connectivity index (χ0n) is 17.7. The topological polar surface area (TPSA) is 78.0 Å². The molecule has 0 spiro atoms. The number of ether oxygens (including phenoxy) is 3. The molecule has 1 aromatic heterocycles. The molecule has 2 aromatic rings. The standard InChI is InChI=1S/C22H25FN2O5/c1-13-12-29-19-17(25(13)21(27)30-22(2,3)4)11-15(18(24-19)20(26)28-5)10-14-6-8-16(23)9-7-14/h6-9,11,13H,10,12H2,1-5H3/t13-/m0/s1. The number of anilines is 1. The van der Waals surface area contributed by atoms with E-state index in [4.69, 9.17) is 14.2 Å². The van der Waals surface area contributed by atoms with Crippen molar-refractivity contribution >= 4 is 17.7 Å². The van der Waals surface area contributed by atoms with E-state index in [-0.39, 0.29) is 30.0 Å². The number of aromatic nitrogens is 1. The molecule has 1 aliphatic heterocycles. The SMILES string of the molecule is COC(=O)c1nc2c(cc1Cc1ccc(F)cc1)N(C(=O)OC(C)(C)C)[C@@H](C)CO2. The van der Waals surface area contributed by atoms with E-state index in [1.54, 1.807) is 39.0 Å². The van der Waals surface area contributed by atoms with Crippen molar-refractivity contribution in [3.05, 3.63) is 53.0 Å². The Bertz CT molecular complexity index is 953. The van der Waals surface area contributed by atoms with Crippen LogP contribution in [0.4, 0.5) is 14.9 Å². The van der Waals surface area contributed by atoms with Gasteiger partial charge < -0.3 is 14.2 Å². The molecule has 1 amide bonds. The molecule has 3 rings (SSSR count). The van der Waals surface area contributed by atoms with E-state index in [0.717, 1.165) is 5.56 Å². The quantitative estimate of drug-likeness (QED) is 0.701. The van der Waals surface area contributed by atoms with E-state index in [0.29, 0.717) is 17.7 Å². The summed E-state index contributed by atoms with van der Waals surface area (Å²) in [6.07, 6.45) is -0.235. The minimum Gasteiger partial charge on any atom is -0.474 e. The first-order chi connectivity index (χ1) is 14.1. The number of halogens is 1. The Morgan fingerprint density at radius 3 is 2.53 bits per heavy atom. The van der Waals surface area contributed by atoms with Gasteiger partial charge >= 0.3 is 12.1 Å². The first kappa shape index (κ1) is 21.5. The summed E-state index contributed by atoms with van der Waals surface area (Å²) in [5.41, 5.74) is 1.12. The number of benzene rings is 1. The third-order valence-corrected chi connectivity index (χ3v) is 4.49. The van der Waals surface area contributed by atoms with E-state index < -0.39 is 17.7 Å². The molecule has 160 valence electrons. The Morgan fingerprint density at radius 2 is 1.93 bits per heavy atom. The molecule has 0 saturated carbocycles. The Labute approximate surface area is 174 Å². The number of amides is 1. The lowest BCUT2D eigenvalue weighted by Gasteiger charge is -2.35. The predicted octanol–water partition coefficient (Wildman–Crippen LogP) is 4.12. The van der Waals surface area contributed by atoms with Crippen LogP contribution in [-0.2, 0) is 15.9 Å². The maximum absolute atomic E-state index is 13.3. The van der Waals surface area contributed by atoms with Crippen molar-refractivity contribution in [1.82, 2.24) is 4.98 Å². The maximum Gasteiger partial charge on any atom is 0.415 e. The van der Waals surface area contributed by atoms with Crippen LogP contribution >= 0.6 is 0 Å². The molecular formula is C22H25FN2O5. The fourth-order valence-corrected chi connectivity index (χ4v) is 3.14. The maximum atomic E-state index is 13.3. The van der Waals surface area contributed by atoms with Crippen molar-refractivity contribution in [2.75, 3.05) is 18.6 Å². The highest BCUT2D eigenvalue weighted by Gasteiger charge is 2.35. The van der Waals surface area contributed by atoms with E-state index in [1.807, 2.05) is 6.92 Å². The number of carbonyl (C=O) groups excluding carboxylic acids is 2. The van der Waals surface area contributed by atoms with E-state index >= 15 is 0 Å². The molecule has 7 nitrogen and oxygen atoms in total. The number of fused-ring (bicyclic) bond motifs is 1. The van der Waals surface area contributed by atoms with Crippen LogP contribution in [0.1, 0.15) is 49.3 Å². The number of carbonyl (C=O) groups is 2. The molecule has 0 fully saturated rings. The fraction of sp³-hybridized carbons (Fsp3) is 0.409. The summed E-state index contributed by atoms with van der Waals surface area (Å²) < 4.78 is 29.4. The number of rotatable bonds is 3. The monoisotopic (exact) mass is 416 g/mol. The van der Waals surface area contributed by atoms with Crippen molar-refractivity contribution < 1.29 is 28.2 Å². The average Bonchev–Trinajstić information content (AvgIpc) is 2.67. The fourth-order valence-electron chi connectivity index (χ4n) is 3.14. The molecule has 0 saturated heterocycles. The second kappa shape index (κ2) is 8.30. The Hall–Kier alpha value is -3.16. The second-order valence-electron chi connectivity index (χ2n) is 8.13. The lowest BCUT2D eigenvalue weighted by atomic mass is 10.0. The largest absolute Gasteiger partial charge is 0.474 e. The van der Waals surface area contributed by atoms with E-state index in [9.17, 15) is 14.0 Å². The van der Waals surface area contributed by atoms with E-state index in [2.05, 4.69) is 4.98 Å². The van der Waals surface area contributed by atoms with Gasteiger partial charge in [-0.1, -0.05) is 12.1 Å². The van der Waals surface area contributed by atoms with Crippen LogP contribution in [0.3, 0.4) is 0 Å². The Kier molecular flexibility index (Phi) is 5.96. The van der Waals surface area contributed by atoms with Gasteiger partial charge in [-0.25, -0.2) is 19.0 Å². The number of esters is 1. The number of nitrogens with zero attached hydrogens (tertiary/aromatic N) is 2. The summed E-state index contributed by atoms with van der Waals surface area (Å²) in [4.78, 5) is 31.0. The number of methoxy groups -OCH3 is 1. The van der Waals surface area contributed by atoms with Crippen LogP contribution in [0, 0.1) is 5.82 Å². The van der Waals surface area contributed by atoms with Crippen LogP contribution in [0.5, 0.6) is 5.88 Å². The lowest BCUT2D eigenvalue weighted by molar-refractivity contribution is 0.0546. The van der Waals surface area contributed by atoms with Gasteiger partial charge in [0.25, 0.3) is 0 Å². The highest BCUT2D eigenvalue weighted by Crippen LogP contribution is 2.36. The van der Waals surface area contributed by atoms with Crippen LogP contribution in [0.25, 0.3) is 0 Å². The molecule has 1 atom stereocenters. The third-order valence-electron chi connectivity index (χ3n) is 4.49. The third kappa shape index (κ3) is 4.69. The van der Waals surface area contributed by atoms with Crippen molar-refractivity contribution in [2.45, 2.75) is 45.8 Å². The minimum absolute atomic E-state index is 0.0827. The van der Waals surface area contributed by atoms with Crippen LogP contribution in [-0.4, -0.2) is 42.4 Å². The first-order valence-electron chi connectivity index (χ1n) is 9.60. The molecule has 0 radical (unpaired) electrons. The van der Waals surface area contributed by atoms with Crippen molar-refractivity contribution in [3.8, 4) is 5.88 Å². The van der Waals surface area contributed by atoms with Gasteiger partial charge in [0.1, 0.15) is 23.7 Å². The van der Waals surface area contributed by atoms with Crippen molar-refractivity contribution in [3.63, 3.8) is 0 Å². The van der Waals surface area contributed by atoms with Gasteiger partial charge in [-0.15, -0.1) is 0 Å². The van der Waals surface area contributed by atoms with Gasteiger partial charge in [-0.3, -0.25) is 4.90 Å². The van der Waals surface area contributed by atoms with Crippen molar-refractivity contribution in [2.24, 2.45) is 0 Å². The van der Waals surface area contributed by atoms with E-state index in [1.165, 1.54) is 24.1 Å². The summed E-state index contributed by atoms with van der Waals surface area (Å²) in [5, 5.41) is 0. The summed E-state index contributed by atoms with van der Waals surface area (Å²) >= 11 is 0. The van der Waals surface area contributed by atoms with Crippen LogP contribution in [0.2, 0.25) is 0 Å². The molecule has 2 heterocycles. The highest BCUT2D eigenvalue weighted by atomic mass is 19.1. The number of pyridine rings is 1. The molecule has 8 heteroatoms. The summed E-state index contributed by atoms with van der Waals surface area (Å²) in [6.45, 7) is 7.40. The van der Waals surface area contributed by atoms with Crippen LogP contribution in [0.15, 0.2) is 30.3 Å². The number of hydrogen-bond acceptors (Lipinski definition) is 6. The molecule has 0 unspecified atom stereocenters. The van der Waals surface area contributed by atoms with Gasteiger partial charge in [-0.05, 0) is 63.4 Å². The predicted molar refractivity (Wildman–Crippen MR) is 108 cm³/mol. The van der Waals surface area contributed by atoms with Gasteiger partial charge in [-0.2, -0.15) is 0 Å². The second-order valence-corrected chi connectivity index (χ2v) is 8.13. The zero-order valence-corrected chi connectivity index (χ0v) is 17.7. The van der Waals surface area contributed by atoms with Crippen LogP contribution < -0.4 is 9.64 Å². The Morgan fingerprint density at radius 1 is 1.27 bits per heavy atom. The lowest BCUT2D eigenvalue weighted by Crippen LogP contribution is -2.47. The highest BCUT2D eigenvalue weighted by molar-refractivity contribution is 5.94. The van der Waals surface area contributed by atoms with Crippen molar-refractivity contribution in [1.29, 1.82) is 0 Å². The Balaban J connectivity index is 2.07. The zero-order chi connectivity index (χ0) is 22.1. The minimum atomic E-state index is -0.675. The van der Waals surface area contributed by atoms with Gasteiger partial charge in [0.2, 0.25) is 5.88 Å². The smallest absolute Gasteiger partial charge is 0.415 e. The molecule has 1 aliphatic rings. The molecular weight excluding hydrogens is 391 g/mol. The number of hydrogen-bond donors (Lipinski definition) is 0. The molecule has 0 N–H and O–H groups in total. The molecule has 0 aliphatic carbocycles. The normalized spacial score (nSPS) is 15.8. The summed E-state index contributed by atoms with van der Waals surface area (Å²) in [7, 11) is 1.26. The van der Waals surface area contributed by atoms with Gasteiger partial charge in [0.05, 0.1) is 13.2 Å². The summed E-state index contributed by atoms with van der Waals surface area (Å²) in [6, 6.07) is 7.32. The first-order valence-corrected chi connectivity index (χ1v) is 9.60. The molecule has 0 bridgehead atoms. The molecule has 1 aromatic carbocycles. The average molecular weight is 416 g/mol. The van der Waals surface area contributed by atoms with Gasteiger partial charge in [0.15, 0.2) is 5.69 Å². The summed E-state index contributed by atoms with van der Waals surface area (Å²) in [5.74, 6) is -0.822. The molecule has 30 heavy (non-hydrogen) atoms. The van der Waals surface area contributed by atoms with Gasteiger partial charge in [0, 0.05) is 0 Å².